The Balaban J connectivity index is 2.83. The van der Waals surface area contributed by atoms with E-state index in [2.05, 4.69) is 26.2 Å². The molecule has 1 heterocycles. The van der Waals surface area contributed by atoms with E-state index in [9.17, 15) is 14.7 Å². The number of nitrogens with zero attached hydrogens (tertiary/aromatic N) is 1. The van der Waals surface area contributed by atoms with E-state index in [0.29, 0.717) is 9.86 Å². The zero-order valence-corrected chi connectivity index (χ0v) is 11.0. The molecule has 0 aliphatic rings. The number of fused-ring (bicyclic) bond motifs is 1. The highest BCUT2D eigenvalue weighted by atomic mass is 79.9. The number of hydrogen-bond acceptors (Lipinski definition) is 3. The molecule has 5 nitrogen and oxygen atoms in total. The Bertz CT molecular complexity index is 655. The molecule has 18 heavy (non-hydrogen) atoms. The first-order valence-electron chi connectivity index (χ1n) is 5.08. The van der Waals surface area contributed by atoms with Crippen LogP contribution in [-0.4, -0.2) is 22.0 Å². The number of benzene rings is 1. The first-order chi connectivity index (χ1) is 8.50. The van der Waals surface area contributed by atoms with Crippen molar-refractivity contribution >= 4 is 44.3 Å². The van der Waals surface area contributed by atoms with Crippen molar-refractivity contribution in [3.63, 3.8) is 0 Å². The summed E-state index contributed by atoms with van der Waals surface area (Å²) in [5.41, 5.74) is 0.325. The van der Waals surface area contributed by atoms with Gasteiger partial charge in [-0.1, -0.05) is 15.9 Å². The summed E-state index contributed by atoms with van der Waals surface area (Å²) >= 11 is 3.30. The molecule has 92 valence electrons. The Morgan fingerprint density at radius 1 is 1.39 bits per heavy atom. The highest BCUT2D eigenvalue weighted by Crippen LogP contribution is 2.33. The van der Waals surface area contributed by atoms with E-state index >= 15 is 0 Å². The molecule has 6 heteroatoms. The molecule has 0 atom stereocenters. The van der Waals surface area contributed by atoms with Gasteiger partial charge in [-0.25, -0.2) is 4.79 Å². The van der Waals surface area contributed by atoms with Crippen molar-refractivity contribution in [2.75, 3.05) is 5.32 Å². The summed E-state index contributed by atoms with van der Waals surface area (Å²) in [6.45, 7) is 1.33. The average Bonchev–Trinajstić information content (AvgIpc) is 2.32. The van der Waals surface area contributed by atoms with Gasteiger partial charge >= 0.3 is 5.97 Å². The Labute approximate surface area is 111 Å². The van der Waals surface area contributed by atoms with Gasteiger partial charge in [0.2, 0.25) is 5.91 Å². The van der Waals surface area contributed by atoms with Crippen LogP contribution in [0.1, 0.15) is 17.3 Å². The molecule has 1 amide bonds. The van der Waals surface area contributed by atoms with Gasteiger partial charge in [0.05, 0.1) is 11.3 Å². The lowest BCUT2D eigenvalue weighted by molar-refractivity contribution is -0.114. The predicted octanol–water partition coefficient (Wildman–Crippen LogP) is 2.65. The first-order valence-corrected chi connectivity index (χ1v) is 5.87. The van der Waals surface area contributed by atoms with Gasteiger partial charge in [-0.15, -0.1) is 0 Å². The van der Waals surface area contributed by atoms with Crippen LogP contribution in [0.2, 0.25) is 0 Å². The normalized spacial score (nSPS) is 10.3. The quantitative estimate of drug-likeness (QED) is 0.894. The minimum Gasteiger partial charge on any atom is -0.478 e. The summed E-state index contributed by atoms with van der Waals surface area (Å²) in [6.07, 6.45) is 3.15. The highest BCUT2D eigenvalue weighted by molar-refractivity contribution is 9.10. The third-order valence-corrected chi connectivity index (χ3v) is 3.08. The van der Waals surface area contributed by atoms with Gasteiger partial charge in [-0.2, -0.15) is 0 Å². The molecule has 0 bridgehead atoms. The number of pyridine rings is 1. The number of carbonyl (C=O) groups excluding carboxylic acids is 1. The van der Waals surface area contributed by atoms with Gasteiger partial charge in [0, 0.05) is 34.6 Å². The molecule has 0 spiro atoms. The number of hydrogen-bond donors (Lipinski definition) is 2. The SMILES string of the molecule is CC(=O)Nc1c(C(=O)O)cc(Br)c2cnccc12. The molecule has 2 rings (SSSR count). The number of anilines is 1. The number of aromatic carboxylic acids is 1. The van der Waals surface area contributed by atoms with Crippen LogP contribution in [0.15, 0.2) is 29.0 Å². The zero-order valence-electron chi connectivity index (χ0n) is 9.40. The fourth-order valence-corrected chi connectivity index (χ4v) is 2.25. The molecule has 0 unspecified atom stereocenters. The van der Waals surface area contributed by atoms with Crippen molar-refractivity contribution in [1.29, 1.82) is 0 Å². The van der Waals surface area contributed by atoms with Crippen LogP contribution in [0.4, 0.5) is 5.69 Å². The van der Waals surface area contributed by atoms with E-state index < -0.39 is 5.97 Å². The Morgan fingerprint density at radius 3 is 2.72 bits per heavy atom. The van der Waals surface area contributed by atoms with Gasteiger partial charge in [0.25, 0.3) is 0 Å². The molecular formula is C12H9BrN2O3. The van der Waals surface area contributed by atoms with E-state index in [0.717, 1.165) is 5.39 Å². The fourth-order valence-electron chi connectivity index (χ4n) is 1.70. The van der Waals surface area contributed by atoms with Crippen LogP contribution in [0.3, 0.4) is 0 Å². The van der Waals surface area contributed by atoms with Crippen LogP contribution < -0.4 is 5.32 Å². The van der Waals surface area contributed by atoms with Crippen LogP contribution in [-0.2, 0) is 4.79 Å². The van der Waals surface area contributed by atoms with Gasteiger partial charge in [-0.05, 0) is 12.1 Å². The second-order valence-corrected chi connectivity index (χ2v) is 4.54. The van der Waals surface area contributed by atoms with Crippen LogP contribution in [0.5, 0.6) is 0 Å². The molecule has 0 radical (unpaired) electrons. The zero-order chi connectivity index (χ0) is 13.3. The summed E-state index contributed by atoms with van der Waals surface area (Å²) in [7, 11) is 0. The number of halogens is 1. The van der Waals surface area contributed by atoms with Crippen molar-refractivity contribution in [3.8, 4) is 0 Å². The molecule has 1 aromatic carbocycles. The molecular weight excluding hydrogens is 300 g/mol. The maximum atomic E-state index is 11.2. The molecule has 0 saturated heterocycles. The standard InChI is InChI=1S/C12H9BrN2O3/c1-6(16)15-11-7-2-3-14-5-9(7)10(13)4-8(11)12(17)18/h2-5H,1H3,(H,15,16)(H,17,18). The number of nitrogens with one attached hydrogen (secondary N) is 1. The first kappa shape index (κ1) is 12.5. The minimum atomic E-state index is -1.10. The number of aromatic nitrogens is 1. The molecule has 2 N–H and O–H groups in total. The van der Waals surface area contributed by atoms with E-state index in [-0.39, 0.29) is 17.2 Å². The van der Waals surface area contributed by atoms with Gasteiger partial charge in [-0.3, -0.25) is 9.78 Å². The summed E-state index contributed by atoms with van der Waals surface area (Å²) in [5.74, 6) is -1.42. The molecule has 0 saturated carbocycles. The molecule has 0 aliphatic heterocycles. The number of carboxylic acids is 1. The van der Waals surface area contributed by atoms with E-state index in [1.807, 2.05) is 0 Å². The average molecular weight is 309 g/mol. The van der Waals surface area contributed by atoms with Crippen molar-refractivity contribution in [2.45, 2.75) is 6.92 Å². The van der Waals surface area contributed by atoms with Crippen LogP contribution in [0, 0.1) is 0 Å². The topological polar surface area (TPSA) is 79.3 Å². The number of carboxylic acid groups (broad SMARTS) is 1. The van der Waals surface area contributed by atoms with Gasteiger partial charge in [0.1, 0.15) is 0 Å². The van der Waals surface area contributed by atoms with Gasteiger partial charge < -0.3 is 10.4 Å². The predicted molar refractivity (Wildman–Crippen MR) is 70.7 cm³/mol. The summed E-state index contributed by atoms with van der Waals surface area (Å²) < 4.78 is 0.622. The van der Waals surface area contributed by atoms with Crippen molar-refractivity contribution in [2.24, 2.45) is 0 Å². The van der Waals surface area contributed by atoms with Gasteiger partial charge in [0.15, 0.2) is 0 Å². The molecule has 0 aliphatic carbocycles. The molecule has 2 aromatic rings. The maximum Gasteiger partial charge on any atom is 0.337 e. The maximum absolute atomic E-state index is 11.2. The highest BCUT2D eigenvalue weighted by Gasteiger charge is 2.16. The lowest BCUT2D eigenvalue weighted by Crippen LogP contribution is -2.11. The molecule has 0 fully saturated rings. The second-order valence-electron chi connectivity index (χ2n) is 3.69. The van der Waals surface area contributed by atoms with Crippen molar-refractivity contribution < 1.29 is 14.7 Å². The number of amides is 1. The Kier molecular flexibility index (Phi) is 3.29. The molecule has 1 aromatic heterocycles. The third kappa shape index (κ3) is 2.19. The minimum absolute atomic E-state index is 0.0378. The second kappa shape index (κ2) is 4.73. The Morgan fingerprint density at radius 2 is 2.11 bits per heavy atom. The summed E-state index contributed by atoms with van der Waals surface area (Å²) in [4.78, 5) is 26.4. The number of carbonyl (C=O) groups is 2. The van der Waals surface area contributed by atoms with E-state index in [1.54, 1.807) is 18.5 Å². The largest absolute Gasteiger partial charge is 0.478 e. The lowest BCUT2D eigenvalue weighted by atomic mass is 10.1. The third-order valence-electron chi connectivity index (χ3n) is 2.42. The van der Waals surface area contributed by atoms with Crippen molar-refractivity contribution in [3.05, 3.63) is 34.6 Å². The monoisotopic (exact) mass is 308 g/mol. The van der Waals surface area contributed by atoms with Crippen LogP contribution >= 0.6 is 15.9 Å². The lowest BCUT2D eigenvalue weighted by Gasteiger charge is -2.11. The Hall–Kier alpha value is -1.95. The number of rotatable bonds is 2. The summed E-state index contributed by atoms with van der Waals surface area (Å²) in [6, 6.07) is 3.12. The van der Waals surface area contributed by atoms with E-state index in [4.69, 9.17) is 0 Å². The van der Waals surface area contributed by atoms with Crippen molar-refractivity contribution in [1.82, 2.24) is 4.98 Å². The summed E-state index contributed by atoms with van der Waals surface area (Å²) in [5, 5.41) is 13.1. The fraction of sp³-hybridized carbons (Fsp3) is 0.0833. The van der Waals surface area contributed by atoms with E-state index in [1.165, 1.54) is 13.0 Å². The smallest absolute Gasteiger partial charge is 0.337 e. The van der Waals surface area contributed by atoms with Crippen LogP contribution in [0.25, 0.3) is 10.8 Å².